The fraction of sp³-hybridized carbons (Fsp3) is 0.533. The lowest BCUT2D eigenvalue weighted by atomic mass is 10.2. The molecule has 1 N–H and O–H groups in total. The van der Waals surface area contributed by atoms with Crippen LogP contribution in [0.25, 0.3) is 0 Å². The first-order valence-electron chi connectivity index (χ1n) is 7.04. The van der Waals surface area contributed by atoms with Crippen molar-refractivity contribution in [3.05, 3.63) is 41.6 Å². The summed E-state index contributed by atoms with van der Waals surface area (Å²) in [5.41, 5.74) is 2.42. The fourth-order valence-corrected chi connectivity index (χ4v) is 2.19. The van der Waals surface area contributed by atoms with E-state index in [4.69, 9.17) is 4.42 Å². The number of hydrogen-bond acceptors (Lipinski definition) is 3. The molecule has 4 heteroatoms. The monoisotopic (exact) mass is 261 g/mol. The SMILES string of the molecule is CCc1cc(CNC(C)Cc2ccco2)n(CC)n1. The topological polar surface area (TPSA) is 43.0 Å². The largest absolute Gasteiger partial charge is 0.469 e. The summed E-state index contributed by atoms with van der Waals surface area (Å²) >= 11 is 0. The Kier molecular flexibility index (Phi) is 4.80. The van der Waals surface area contributed by atoms with Gasteiger partial charge in [-0.1, -0.05) is 6.92 Å². The summed E-state index contributed by atoms with van der Waals surface area (Å²) in [5.74, 6) is 1.03. The quantitative estimate of drug-likeness (QED) is 0.833. The van der Waals surface area contributed by atoms with E-state index in [1.807, 2.05) is 12.1 Å². The molecule has 0 bridgehead atoms. The number of aromatic nitrogens is 2. The zero-order valence-electron chi connectivity index (χ0n) is 12.0. The number of nitrogens with zero attached hydrogens (tertiary/aromatic N) is 2. The molecule has 0 aliphatic heterocycles. The van der Waals surface area contributed by atoms with Crippen LogP contribution in [-0.2, 0) is 25.9 Å². The number of rotatable bonds is 7. The van der Waals surface area contributed by atoms with E-state index >= 15 is 0 Å². The zero-order valence-corrected chi connectivity index (χ0v) is 12.0. The number of aryl methyl sites for hydroxylation is 2. The van der Waals surface area contributed by atoms with Crippen LogP contribution in [0.2, 0.25) is 0 Å². The molecule has 104 valence electrons. The van der Waals surface area contributed by atoms with Crippen molar-refractivity contribution in [2.24, 2.45) is 0 Å². The van der Waals surface area contributed by atoms with Crippen molar-refractivity contribution in [1.82, 2.24) is 15.1 Å². The smallest absolute Gasteiger partial charge is 0.105 e. The minimum atomic E-state index is 0.386. The van der Waals surface area contributed by atoms with Gasteiger partial charge in [0.15, 0.2) is 0 Å². The standard InChI is InChI=1S/C15H23N3O/c1-4-13-10-14(18(5-2)17-13)11-16-12(3)9-15-7-6-8-19-15/h6-8,10,12,16H,4-5,9,11H2,1-3H3. The average Bonchev–Trinajstić information content (AvgIpc) is 3.04. The zero-order chi connectivity index (χ0) is 13.7. The molecule has 2 aromatic rings. The maximum Gasteiger partial charge on any atom is 0.105 e. The third-order valence-corrected chi connectivity index (χ3v) is 3.29. The molecule has 0 spiro atoms. The third kappa shape index (κ3) is 3.70. The molecule has 0 saturated carbocycles. The van der Waals surface area contributed by atoms with Gasteiger partial charge in [0.25, 0.3) is 0 Å². The normalized spacial score (nSPS) is 12.8. The van der Waals surface area contributed by atoms with E-state index < -0.39 is 0 Å². The van der Waals surface area contributed by atoms with Gasteiger partial charge in [-0.05, 0) is 38.5 Å². The molecule has 0 aliphatic carbocycles. The van der Waals surface area contributed by atoms with Gasteiger partial charge in [0.05, 0.1) is 17.7 Å². The van der Waals surface area contributed by atoms with E-state index in [1.165, 1.54) is 5.69 Å². The third-order valence-electron chi connectivity index (χ3n) is 3.29. The molecular weight excluding hydrogens is 238 g/mol. The van der Waals surface area contributed by atoms with Crippen LogP contribution in [0.4, 0.5) is 0 Å². The maximum atomic E-state index is 5.37. The summed E-state index contributed by atoms with van der Waals surface area (Å²) in [6.07, 6.45) is 3.62. The predicted octanol–water partition coefficient (Wildman–Crippen LogP) is 2.78. The predicted molar refractivity (Wildman–Crippen MR) is 76.0 cm³/mol. The summed E-state index contributed by atoms with van der Waals surface area (Å²) in [6.45, 7) is 8.21. The van der Waals surface area contributed by atoms with Crippen molar-refractivity contribution < 1.29 is 4.42 Å². The molecule has 4 nitrogen and oxygen atoms in total. The molecule has 0 amide bonds. The molecule has 19 heavy (non-hydrogen) atoms. The van der Waals surface area contributed by atoms with Gasteiger partial charge in [-0.2, -0.15) is 5.10 Å². The molecule has 0 aromatic carbocycles. The molecule has 2 rings (SSSR count). The van der Waals surface area contributed by atoms with Crippen LogP contribution in [0.1, 0.15) is 37.9 Å². The Hall–Kier alpha value is -1.55. The Labute approximate surface area is 114 Å². The Morgan fingerprint density at radius 1 is 1.42 bits per heavy atom. The lowest BCUT2D eigenvalue weighted by molar-refractivity contribution is 0.449. The highest BCUT2D eigenvalue weighted by atomic mass is 16.3. The molecule has 1 unspecified atom stereocenters. The van der Waals surface area contributed by atoms with Gasteiger partial charge in [0, 0.05) is 25.6 Å². The van der Waals surface area contributed by atoms with Crippen LogP contribution in [0.15, 0.2) is 28.9 Å². The Bertz CT molecular complexity index is 487. The Morgan fingerprint density at radius 2 is 2.26 bits per heavy atom. The molecule has 2 heterocycles. The lowest BCUT2D eigenvalue weighted by Gasteiger charge is -2.13. The summed E-state index contributed by atoms with van der Waals surface area (Å²) in [7, 11) is 0. The number of hydrogen-bond donors (Lipinski definition) is 1. The van der Waals surface area contributed by atoms with E-state index in [0.717, 1.165) is 37.4 Å². The second kappa shape index (κ2) is 6.57. The van der Waals surface area contributed by atoms with Gasteiger partial charge < -0.3 is 9.73 Å². The van der Waals surface area contributed by atoms with E-state index in [1.54, 1.807) is 6.26 Å². The van der Waals surface area contributed by atoms with Gasteiger partial charge in [-0.25, -0.2) is 0 Å². The molecule has 0 aliphatic rings. The highest BCUT2D eigenvalue weighted by molar-refractivity contribution is 5.10. The minimum Gasteiger partial charge on any atom is -0.469 e. The van der Waals surface area contributed by atoms with E-state index in [9.17, 15) is 0 Å². The lowest BCUT2D eigenvalue weighted by Crippen LogP contribution is -2.28. The second-order valence-corrected chi connectivity index (χ2v) is 4.86. The summed E-state index contributed by atoms with van der Waals surface area (Å²) in [4.78, 5) is 0. The van der Waals surface area contributed by atoms with Crippen LogP contribution < -0.4 is 5.32 Å². The first-order chi connectivity index (χ1) is 9.22. The summed E-state index contributed by atoms with van der Waals surface area (Å²) < 4.78 is 7.44. The van der Waals surface area contributed by atoms with Crippen LogP contribution in [0.5, 0.6) is 0 Å². The Morgan fingerprint density at radius 3 is 2.89 bits per heavy atom. The molecular formula is C15H23N3O. The second-order valence-electron chi connectivity index (χ2n) is 4.86. The van der Waals surface area contributed by atoms with Gasteiger partial charge in [0.2, 0.25) is 0 Å². The van der Waals surface area contributed by atoms with Crippen molar-refractivity contribution in [2.75, 3.05) is 0 Å². The fourth-order valence-electron chi connectivity index (χ4n) is 2.19. The van der Waals surface area contributed by atoms with E-state index in [2.05, 4.69) is 41.9 Å². The van der Waals surface area contributed by atoms with Gasteiger partial charge in [-0.15, -0.1) is 0 Å². The number of furan rings is 1. The van der Waals surface area contributed by atoms with Crippen molar-refractivity contribution in [3.63, 3.8) is 0 Å². The van der Waals surface area contributed by atoms with Crippen LogP contribution in [0, 0.1) is 0 Å². The van der Waals surface area contributed by atoms with Crippen molar-refractivity contribution >= 4 is 0 Å². The van der Waals surface area contributed by atoms with Crippen molar-refractivity contribution in [2.45, 2.75) is 52.7 Å². The van der Waals surface area contributed by atoms with Crippen molar-refractivity contribution in [1.29, 1.82) is 0 Å². The Balaban J connectivity index is 1.89. The summed E-state index contributed by atoms with van der Waals surface area (Å²) in [6, 6.07) is 6.53. The first-order valence-corrected chi connectivity index (χ1v) is 7.04. The summed E-state index contributed by atoms with van der Waals surface area (Å²) in [5, 5.41) is 8.09. The van der Waals surface area contributed by atoms with Crippen LogP contribution in [-0.4, -0.2) is 15.8 Å². The first kappa shape index (κ1) is 13.9. The molecule has 2 aromatic heterocycles. The average molecular weight is 261 g/mol. The maximum absolute atomic E-state index is 5.37. The minimum absolute atomic E-state index is 0.386. The van der Waals surface area contributed by atoms with Gasteiger partial charge in [-0.3, -0.25) is 4.68 Å². The highest BCUT2D eigenvalue weighted by Gasteiger charge is 2.09. The van der Waals surface area contributed by atoms with Crippen LogP contribution >= 0.6 is 0 Å². The van der Waals surface area contributed by atoms with E-state index in [-0.39, 0.29) is 0 Å². The van der Waals surface area contributed by atoms with Gasteiger partial charge >= 0.3 is 0 Å². The van der Waals surface area contributed by atoms with Gasteiger partial charge in [0.1, 0.15) is 5.76 Å². The number of nitrogens with one attached hydrogen (secondary N) is 1. The molecule has 1 atom stereocenters. The molecule has 0 radical (unpaired) electrons. The van der Waals surface area contributed by atoms with Crippen molar-refractivity contribution in [3.8, 4) is 0 Å². The van der Waals surface area contributed by atoms with E-state index in [0.29, 0.717) is 6.04 Å². The highest BCUT2D eigenvalue weighted by Crippen LogP contribution is 2.08. The molecule has 0 fully saturated rings. The molecule has 0 saturated heterocycles. The van der Waals surface area contributed by atoms with Crippen LogP contribution in [0.3, 0.4) is 0 Å².